The van der Waals surface area contributed by atoms with Gasteiger partial charge in [0.25, 0.3) is 5.56 Å². The predicted octanol–water partition coefficient (Wildman–Crippen LogP) is 2.08. The Balaban J connectivity index is 3.24. The molecule has 1 N–H and O–H groups in total. The lowest BCUT2D eigenvalue weighted by molar-refractivity contribution is 0.216. The van der Waals surface area contributed by atoms with E-state index < -0.39 is 15.6 Å². The Bertz CT molecular complexity index is 617. The minimum atomic E-state index is -3.68. The van der Waals surface area contributed by atoms with E-state index in [1.165, 1.54) is 17.4 Å². The fraction of sp³-hybridized carbons (Fsp3) is 0.583. The smallest absolute Gasteiger partial charge is 0.266 e. The van der Waals surface area contributed by atoms with E-state index in [9.17, 15) is 13.2 Å². The first-order chi connectivity index (χ1) is 8.48. The van der Waals surface area contributed by atoms with Crippen LogP contribution >= 0.6 is 11.6 Å². The zero-order chi connectivity index (χ0) is 15.0. The second kappa shape index (κ2) is 5.26. The van der Waals surface area contributed by atoms with Gasteiger partial charge < -0.3 is 4.98 Å². The molecule has 1 heterocycles. The van der Waals surface area contributed by atoms with Crippen LogP contribution in [0.3, 0.4) is 0 Å². The summed E-state index contributed by atoms with van der Waals surface area (Å²) < 4.78 is 26.1. The number of sulfonamides is 1. The van der Waals surface area contributed by atoms with Crippen molar-refractivity contribution in [3.05, 3.63) is 27.6 Å². The normalized spacial score (nSPS) is 14.7. The van der Waals surface area contributed by atoms with Gasteiger partial charge in [0.15, 0.2) is 0 Å². The lowest BCUT2D eigenvalue weighted by Crippen LogP contribution is -2.43. The summed E-state index contributed by atoms with van der Waals surface area (Å²) in [4.78, 5) is 13.5. The second-order valence-electron chi connectivity index (χ2n) is 5.58. The SMILES string of the molecule is CC(N(C)S(=O)(=O)c1c[nH]c(=O)c(Cl)c1)C(C)(C)C. The van der Waals surface area contributed by atoms with E-state index in [4.69, 9.17) is 11.6 Å². The molecule has 0 fully saturated rings. The summed E-state index contributed by atoms with van der Waals surface area (Å²) in [5, 5.41) is -0.141. The molecule has 0 amide bonds. The van der Waals surface area contributed by atoms with E-state index >= 15 is 0 Å². The van der Waals surface area contributed by atoms with Crippen LogP contribution in [0.4, 0.5) is 0 Å². The third-order valence-corrected chi connectivity index (χ3v) is 5.49. The first-order valence-corrected chi connectivity index (χ1v) is 7.66. The first-order valence-electron chi connectivity index (χ1n) is 5.84. The lowest BCUT2D eigenvalue weighted by Gasteiger charge is -2.34. The molecular formula is C12H19ClN2O3S. The molecule has 1 aromatic rings. The Morgan fingerprint density at radius 1 is 1.37 bits per heavy atom. The van der Waals surface area contributed by atoms with Crippen molar-refractivity contribution < 1.29 is 8.42 Å². The number of hydrogen-bond acceptors (Lipinski definition) is 3. The highest BCUT2D eigenvalue weighted by Gasteiger charge is 2.32. The monoisotopic (exact) mass is 306 g/mol. The molecular weight excluding hydrogens is 288 g/mol. The Morgan fingerprint density at radius 3 is 2.32 bits per heavy atom. The number of nitrogens with zero attached hydrogens (tertiary/aromatic N) is 1. The third-order valence-electron chi connectivity index (χ3n) is 3.31. The number of pyridine rings is 1. The fourth-order valence-electron chi connectivity index (χ4n) is 1.51. The minimum Gasteiger partial charge on any atom is -0.326 e. The molecule has 5 nitrogen and oxygen atoms in total. The highest BCUT2D eigenvalue weighted by Crippen LogP contribution is 2.27. The minimum absolute atomic E-state index is 0.0179. The van der Waals surface area contributed by atoms with Crippen molar-refractivity contribution in [1.82, 2.24) is 9.29 Å². The molecule has 1 aromatic heterocycles. The Labute approximate surface area is 118 Å². The van der Waals surface area contributed by atoms with Gasteiger partial charge in [0, 0.05) is 19.3 Å². The quantitative estimate of drug-likeness (QED) is 0.929. The van der Waals surface area contributed by atoms with Crippen molar-refractivity contribution in [2.45, 2.75) is 38.6 Å². The molecule has 19 heavy (non-hydrogen) atoms. The maximum absolute atomic E-state index is 12.4. The van der Waals surface area contributed by atoms with Crippen molar-refractivity contribution >= 4 is 21.6 Å². The van der Waals surface area contributed by atoms with E-state index in [2.05, 4.69) is 4.98 Å². The summed E-state index contributed by atoms with van der Waals surface area (Å²) in [6.07, 6.45) is 1.16. The van der Waals surface area contributed by atoms with Crippen LogP contribution in [0.25, 0.3) is 0 Å². The maximum atomic E-state index is 12.4. The number of nitrogens with one attached hydrogen (secondary N) is 1. The van der Waals surface area contributed by atoms with Crippen LogP contribution in [0.2, 0.25) is 5.02 Å². The van der Waals surface area contributed by atoms with Gasteiger partial charge in [0.2, 0.25) is 10.0 Å². The van der Waals surface area contributed by atoms with Crippen molar-refractivity contribution in [2.24, 2.45) is 5.41 Å². The largest absolute Gasteiger partial charge is 0.326 e. The number of aromatic amines is 1. The molecule has 1 unspecified atom stereocenters. The summed E-state index contributed by atoms with van der Waals surface area (Å²) in [5.74, 6) is 0. The van der Waals surface area contributed by atoms with Gasteiger partial charge in [-0.15, -0.1) is 0 Å². The zero-order valence-electron chi connectivity index (χ0n) is 11.7. The molecule has 0 aliphatic rings. The van der Waals surface area contributed by atoms with Gasteiger partial charge in [-0.2, -0.15) is 4.31 Å². The highest BCUT2D eigenvalue weighted by atomic mass is 35.5. The Morgan fingerprint density at radius 2 is 1.89 bits per heavy atom. The molecule has 0 aliphatic heterocycles. The lowest BCUT2D eigenvalue weighted by atomic mass is 9.88. The molecule has 0 aromatic carbocycles. The molecule has 0 spiro atoms. The fourth-order valence-corrected chi connectivity index (χ4v) is 3.28. The van der Waals surface area contributed by atoms with E-state index in [0.717, 1.165) is 6.20 Å². The summed E-state index contributed by atoms with van der Waals surface area (Å²) in [5.41, 5.74) is -0.708. The molecule has 0 radical (unpaired) electrons. The summed E-state index contributed by atoms with van der Waals surface area (Å²) in [6.45, 7) is 7.72. The van der Waals surface area contributed by atoms with Gasteiger partial charge >= 0.3 is 0 Å². The van der Waals surface area contributed by atoms with E-state index in [1.807, 2.05) is 27.7 Å². The number of aromatic nitrogens is 1. The van der Waals surface area contributed by atoms with Crippen LogP contribution in [0.1, 0.15) is 27.7 Å². The standard InChI is InChI=1S/C12H19ClN2O3S/c1-8(12(2,3)4)15(5)19(17,18)9-6-10(13)11(16)14-7-9/h6-8H,1-5H3,(H,14,16). The second-order valence-corrected chi connectivity index (χ2v) is 7.98. The van der Waals surface area contributed by atoms with Gasteiger partial charge in [0.1, 0.15) is 5.02 Å². The average molecular weight is 307 g/mol. The molecule has 0 saturated heterocycles. The van der Waals surface area contributed by atoms with Gasteiger partial charge in [-0.1, -0.05) is 32.4 Å². The first kappa shape index (κ1) is 16.2. The van der Waals surface area contributed by atoms with Crippen LogP contribution < -0.4 is 5.56 Å². The number of halogens is 1. The predicted molar refractivity (Wildman–Crippen MR) is 75.9 cm³/mol. The maximum Gasteiger partial charge on any atom is 0.266 e. The van der Waals surface area contributed by atoms with Crippen LogP contribution in [-0.2, 0) is 10.0 Å². The van der Waals surface area contributed by atoms with Crippen LogP contribution in [0.15, 0.2) is 22.0 Å². The van der Waals surface area contributed by atoms with Crippen molar-refractivity contribution in [3.63, 3.8) is 0 Å². The van der Waals surface area contributed by atoms with Crippen LogP contribution in [0, 0.1) is 5.41 Å². The molecule has 1 rings (SSSR count). The van der Waals surface area contributed by atoms with Gasteiger partial charge in [0.05, 0.1) is 4.90 Å². The van der Waals surface area contributed by atoms with Gasteiger partial charge in [-0.3, -0.25) is 4.79 Å². The topological polar surface area (TPSA) is 70.2 Å². The van der Waals surface area contributed by atoms with Crippen molar-refractivity contribution in [2.75, 3.05) is 7.05 Å². The van der Waals surface area contributed by atoms with Crippen LogP contribution in [0.5, 0.6) is 0 Å². The number of rotatable bonds is 3. The Hall–Kier alpha value is -0.850. The van der Waals surface area contributed by atoms with Crippen molar-refractivity contribution in [1.29, 1.82) is 0 Å². The molecule has 0 bridgehead atoms. The van der Waals surface area contributed by atoms with E-state index in [1.54, 1.807) is 0 Å². The van der Waals surface area contributed by atoms with Gasteiger partial charge in [-0.25, -0.2) is 8.42 Å². The molecule has 0 saturated carbocycles. The molecule has 1 atom stereocenters. The Kier molecular flexibility index (Phi) is 4.49. The van der Waals surface area contributed by atoms with E-state index in [-0.39, 0.29) is 21.4 Å². The highest BCUT2D eigenvalue weighted by molar-refractivity contribution is 7.89. The van der Waals surface area contributed by atoms with Crippen LogP contribution in [-0.4, -0.2) is 30.8 Å². The summed E-state index contributed by atoms with van der Waals surface area (Å²) >= 11 is 5.67. The number of H-pyrrole nitrogens is 1. The third kappa shape index (κ3) is 3.38. The molecule has 0 aliphatic carbocycles. The molecule has 108 valence electrons. The zero-order valence-corrected chi connectivity index (χ0v) is 13.3. The molecule has 7 heteroatoms. The summed E-state index contributed by atoms with van der Waals surface area (Å²) in [7, 11) is -2.16. The summed E-state index contributed by atoms with van der Waals surface area (Å²) in [6, 6.07) is 0.963. The number of hydrogen-bond donors (Lipinski definition) is 1. The van der Waals surface area contributed by atoms with Gasteiger partial charge in [-0.05, 0) is 18.4 Å². The van der Waals surface area contributed by atoms with E-state index in [0.29, 0.717) is 0 Å². The average Bonchev–Trinajstić information content (AvgIpc) is 2.29. The van der Waals surface area contributed by atoms with Crippen molar-refractivity contribution in [3.8, 4) is 0 Å².